The Morgan fingerprint density at radius 3 is 2.57 bits per heavy atom. The van der Waals surface area contributed by atoms with Crippen LogP contribution in [0.25, 0.3) is 11.0 Å². The van der Waals surface area contributed by atoms with E-state index < -0.39 is 0 Å². The van der Waals surface area contributed by atoms with Crippen molar-refractivity contribution in [1.82, 2.24) is 14.5 Å². The Morgan fingerprint density at radius 1 is 0.900 bits per heavy atom. The van der Waals surface area contributed by atoms with Crippen molar-refractivity contribution in [3.05, 3.63) is 111 Å². The molecule has 1 aliphatic heterocycles. The maximum absolute atomic E-state index is 13.6. The highest BCUT2D eigenvalue weighted by Crippen LogP contribution is 2.25. The number of rotatable bonds is 4. The molecule has 0 unspecified atom stereocenters. The molecular formula is C26H25N3O. The molecule has 0 N–H and O–H groups in total. The number of aromatic nitrogens is 2. The van der Waals surface area contributed by atoms with E-state index in [1.807, 2.05) is 22.8 Å². The fraction of sp³-hybridized carbons (Fsp3) is 0.231. The van der Waals surface area contributed by atoms with Gasteiger partial charge >= 0.3 is 0 Å². The first kappa shape index (κ1) is 18.8. The zero-order chi connectivity index (χ0) is 20.5. The fourth-order valence-electron chi connectivity index (χ4n) is 4.54. The number of benzene rings is 2. The minimum atomic E-state index is 0.0930. The lowest BCUT2D eigenvalue weighted by atomic mass is 9.97. The van der Waals surface area contributed by atoms with E-state index in [1.165, 1.54) is 16.7 Å². The molecule has 0 atom stereocenters. The molecule has 0 spiro atoms. The highest BCUT2D eigenvalue weighted by atomic mass is 16.1. The zero-order valence-electron chi connectivity index (χ0n) is 17.2. The van der Waals surface area contributed by atoms with E-state index in [0.717, 1.165) is 41.7 Å². The minimum Gasteiger partial charge on any atom is -0.294 e. The Hall–Kier alpha value is -3.24. The van der Waals surface area contributed by atoms with E-state index in [4.69, 9.17) is 0 Å². The molecule has 4 aromatic rings. The molecule has 5 rings (SSSR count). The Balaban J connectivity index is 1.57. The van der Waals surface area contributed by atoms with Gasteiger partial charge in [0.2, 0.25) is 0 Å². The van der Waals surface area contributed by atoms with Gasteiger partial charge in [-0.2, -0.15) is 0 Å². The molecule has 2 aromatic heterocycles. The maximum Gasteiger partial charge on any atom is 0.257 e. The van der Waals surface area contributed by atoms with E-state index in [2.05, 4.69) is 65.3 Å². The third-order valence-corrected chi connectivity index (χ3v) is 5.97. The van der Waals surface area contributed by atoms with Gasteiger partial charge in [-0.3, -0.25) is 14.3 Å². The third kappa shape index (κ3) is 3.55. The van der Waals surface area contributed by atoms with Crippen molar-refractivity contribution in [3.8, 4) is 0 Å². The van der Waals surface area contributed by atoms with Gasteiger partial charge in [-0.15, -0.1) is 0 Å². The lowest BCUT2D eigenvalue weighted by Crippen LogP contribution is -2.37. The van der Waals surface area contributed by atoms with Crippen LogP contribution in [0.1, 0.15) is 27.8 Å². The average Bonchev–Trinajstić information content (AvgIpc) is 2.77. The molecule has 0 bridgehead atoms. The third-order valence-electron chi connectivity index (χ3n) is 5.97. The summed E-state index contributed by atoms with van der Waals surface area (Å²) in [7, 11) is 0. The van der Waals surface area contributed by atoms with Crippen molar-refractivity contribution in [2.75, 3.05) is 6.54 Å². The predicted molar refractivity (Wildman–Crippen MR) is 121 cm³/mol. The molecule has 0 fully saturated rings. The van der Waals surface area contributed by atoms with Gasteiger partial charge in [0.05, 0.1) is 6.54 Å². The van der Waals surface area contributed by atoms with Gasteiger partial charge in [-0.05, 0) is 42.2 Å². The fourth-order valence-corrected chi connectivity index (χ4v) is 4.54. The van der Waals surface area contributed by atoms with E-state index in [0.29, 0.717) is 13.1 Å². The van der Waals surface area contributed by atoms with Crippen LogP contribution in [0.5, 0.6) is 0 Å². The Morgan fingerprint density at radius 2 is 1.73 bits per heavy atom. The first-order chi connectivity index (χ1) is 14.7. The summed E-state index contributed by atoms with van der Waals surface area (Å²) in [6.45, 7) is 5.12. The van der Waals surface area contributed by atoms with Crippen LogP contribution in [0.3, 0.4) is 0 Å². The number of fused-ring (bicyclic) bond motifs is 3. The first-order valence-electron chi connectivity index (χ1n) is 10.5. The molecule has 0 amide bonds. The van der Waals surface area contributed by atoms with Gasteiger partial charge in [0, 0.05) is 36.8 Å². The SMILES string of the molecule is Cc1cccc(Cn2c(=O)c3c(c4cccnc42)CCN(Cc2ccccc2)C3)c1. The monoisotopic (exact) mass is 395 g/mol. The number of pyridine rings is 2. The topological polar surface area (TPSA) is 38.1 Å². The summed E-state index contributed by atoms with van der Waals surface area (Å²) >= 11 is 0. The van der Waals surface area contributed by atoms with Gasteiger partial charge < -0.3 is 0 Å². The maximum atomic E-state index is 13.6. The van der Waals surface area contributed by atoms with Crippen LogP contribution in [-0.2, 0) is 26.1 Å². The number of aryl methyl sites for hydroxylation is 1. The zero-order valence-corrected chi connectivity index (χ0v) is 17.2. The molecule has 1 aliphatic rings. The molecule has 0 saturated carbocycles. The molecule has 150 valence electrons. The molecule has 0 saturated heterocycles. The van der Waals surface area contributed by atoms with Gasteiger partial charge in [0.1, 0.15) is 5.65 Å². The number of hydrogen-bond donors (Lipinski definition) is 0. The van der Waals surface area contributed by atoms with Crippen molar-refractivity contribution in [2.45, 2.75) is 33.0 Å². The average molecular weight is 396 g/mol. The summed E-state index contributed by atoms with van der Waals surface area (Å²) in [4.78, 5) is 20.6. The van der Waals surface area contributed by atoms with Gasteiger partial charge in [0.25, 0.3) is 5.56 Å². The molecule has 2 aromatic carbocycles. The number of hydrogen-bond acceptors (Lipinski definition) is 3. The van der Waals surface area contributed by atoms with Crippen LogP contribution < -0.4 is 5.56 Å². The molecule has 0 radical (unpaired) electrons. The van der Waals surface area contributed by atoms with Gasteiger partial charge in [0.15, 0.2) is 0 Å². The predicted octanol–water partition coefficient (Wildman–Crippen LogP) is 4.31. The Kier molecular flexibility index (Phi) is 4.93. The van der Waals surface area contributed by atoms with E-state index in [1.54, 1.807) is 6.20 Å². The highest BCUT2D eigenvalue weighted by molar-refractivity contribution is 5.80. The van der Waals surface area contributed by atoms with E-state index in [-0.39, 0.29) is 5.56 Å². The quantitative estimate of drug-likeness (QED) is 0.517. The minimum absolute atomic E-state index is 0.0930. The molecule has 0 aliphatic carbocycles. The molecule has 4 heteroatoms. The normalized spacial score (nSPS) is 14.0. The Labute approximate surface area is 176 Å². The molecule has 4 nitrogen and oxygen atoms in total. The van der Waals surface area contributed by atoms with E-state index in [9.17, 15) is 4.79 Å². The van der Waals surface area contributed by atoms with Crippen LogP contribution in [0.4, 0.5) is 0 Å². The molecule has 30 heavy (non-hydrogen) atoms. The highest BCUT2D eigenvalue weighted by Gasteiger charge is 2.24. The van der Waals surface area contributed by atoms with Crippen LogP contribution >= 0.6 is 0 Å². The second kappa shape index (κ2) is 7.88. The number of nitrogens with zero attached hydrogens (tertiary/aromatic N) is 3. The van der Waals surface area contributed by atoms with Crippen molar-refractivity contribution in [1.29, 1.82) is 0 Å². The molecule has 3 heterocycles. The summed E-state index contributed by atoms with van der Waals surface area (Å²) in [6.07, 6.45) is 2.66. The van der Waals surface area contributed by atoms with Crippen molar-refractivity contribution >= 4 is 11.0 Å². The van der Waals surface area contributed by atoms with Gasteiger partial charge in [-0.1, -0.05) is 60.2 Å². The van der Waals surface area contributed by atoms with Crippen LogP contribution in [0.2, 0.25) is 0 Å². The lowest BCUT2D eigenvalue weighted by Gasteiger charge is -2.30. The lowest BCUT2D eigenvalue weighted by molar-refractivity contribution is 0.244. The van der Waals surface area contributed by atoms with Crippen LogP contribution in [-0.4, -0.2) is 21.0 Å². The smallest absolute Gasteiger partial charge is 0.257 e. The second-order valence-electron chi connectivity index (χ2n) is 8.16. The van der Waals surface area contributed by atoms with Crippen molar-refractivity contribution in [2.24, 2.45) is 0 Å². The summed E-state index contributed by atoms with van der Waals surface area (Å²) < 4.78 is 1.86. The van der Waals surface area contributed by atoms with Crippen molar-refractivity contribution < 1.29 is 0 Å². The first-order valence-corrected chi connectivity index (χ1v) is 10.5. The largest absolute Gasteiger partial charge is 0.294 e. The summed E-state index contributed by atoms with van der Waals surface area (Å²) in [5.41, 5.74) is 6.59. The summed E-state index contributed by atoms with van der Waals surface area (Å²) in [5.74, 6) is 0. The molecular weight excluding hydrogens is 370 g/mol. The van der Waals surface area contributed by atoms with Gasteiger partial charge in [-0.25, -0.2) is 4.98 Å². The second-order valence-corrected chi connectivity index (χ2v) is 8.16. The standard InChI is InChI=1S/C26H25N3O/c1-19-7-5-10-21(15-19)17-29-25-23(11-6-13-27-25)22-12-14-28(18-24(22)26(29)30)16-20-8-3-2-4-9-20/h2-11,13,15H,12,14,16-18H2,1H3. The van der Waals surface area contributed by atoms with E-state index >= 15 is 0 Å². The van der Waals surface area contributed by atoms with Crippen LogP contribution in [0, 0.1) is 6.92 Å². The van der Waals surface area contributed by atoms with Crippen molar-refractivity contribution in [3.63, 3.8) is 0 Å². The van der Waals surface area contributed by atoms with Crippen LogP contribution in [0.15, 0.2) is 77.7 Å². The summed E-state index contributed by atoms with van der Waals surface area (Å²) in [6, 6.07) is 22.9. The Bertz CT molecular complexity index is 1260. The summed E-state index contributed by atoms with van der Waals surface area (Å²) in [5, 5.41) is 1.11.